The predicted molar refractivity (Wildman–Crippen MR) is 69.3 cm³/mol. The second-order valence-electron chi connectivity index (χ2n) is 4.42. The van der Waals surface area contributed by atoms with E-state index >= 15 is 0 Å². The van der Waals surface area contributed by atoms with Crippen molar-refractivity contribution in [1.29, 1.82) is 0 Å². The molecule has 19 heavy (non-hydrogen) atoms. The van der Waals surface area contributed by atoms with E-state index in [2.05, 4.69) is 5.32 Å². The molecule has 0 fully saturated rings. The van der Waals surface area contributed by atoms with Crippen molar-refractivity contribution in [3.63, 3.8) is 0 Å². The summed E-state index contributed by atoms with van der Waals surface area (Å²) in [6.45, 7) is 3.69. The van der Waals surface area contributed by atoms with Gasteiger partial charge in [0.25, 0.3) is 5.91 Å². The fraction of sp³-hybridized carbons (Fsp3) is 0.455. The van der Waals surface area contributed by atoms with Crippen LogP contribution in [0, 0.1) is 16.0 Å². The quantitative estimate of drug-likeness (QED) is 0.613. The second-order valence-corrected chi connectivity index (χ2v) is 5.31. The number of amides is 1. The van der Waals surface area contributed by atoms with Crippen molar-refractivity contribution < 1.29 is 19.6 Å². The van der Waals surface area contributed by atoms with Gasteiger partial charge in [0.05, 0.1) is 10.5 Å². The van der Waals surface area contributed by atoms with Gasteiger partial charge in [0.1, 0.15) is 6.04 Å². The van der Waals surface area contributed by atoms with Crippen LogP contribution in [0.2, 0.25) is 0 Å². The Morgan fingerprint density at radius 2 is 2.16 bits per heavy atom. The molecule has 1 aromatic heterocycles. The zero-order valence-corrected chi connectivity index (χ0v) is 11.3. The molecular formula is C11H14N2O5S. The molecule has 7 nitrogen and oxygen atoms in total. The molecule has 8 heteroatoms. The maximum atomic E-state index is 11.8. The van der Waals surface area contributed by atoms with Gasteiger partial charge in [0.15, 0.2) is 0 Å². The number of carboxylic acid groups (broad SMARTS) is 1. The number of carboxylic acids is 1. The number of nitrogens with one attached hydrogen (secondary N) is 1. The van der Waals surface area contributed by atoms with Gasteiger partial charge in [-0.1, -0.05) is 25.2 Å². The molecule has 104 valence electrons. The molecule has 0 aliphatic heterocycles. The highest BCUT2D eigenvalue weighted by Gasteiger charge is 2.23. The molecule has 0 saturated carbocycles. The van der Waals surface area contributed by atoms with Crippen molar-refractivity contribution in [2.75, 3.05) is 0 Å². The Hall–Kier alpha value is -1.96. The van der Waals surface area contributed by atoms with Gasteiger partial charge >= 0.3 is 11.0 Å². The highest BCUT2D eigenvalue weighted by Crippen LogP contribution is 2.22. The Balaban J connectivity index is 2.75. The molecule has 0 radical (unpaired) electrons. The van der Waals surface area contributed by atoms with E-state index < -0.39 is 22.8 Å². The van der Waals surface area contributed by atoms with Gasteiger partial charge in [-0.3, -0.25) is 14.9 Å². The fourth-order valence-electron chi connectivity index (χ4n) is 1.47. The molecule has 1 rings (SSSR count). The van der Waals surface area contributed by atoms with Crippen LogP contribution in [0.15, 0.2) is 11.4 Å². The smallest absolute Gasteiger partial charge is 0.326 e. The van der Waals surface area contributed by atoms with E-state index in [0.717, 1.165) is 17.4 Å². The van der Waals surface area contributed by atoms with E-state index in [0.29, 0.717) is 6.42 Å². The third-order valence-electron chi connectivity index (χ3n) is 2.34. The molecular weight excluding hydrogens is 272 g/mol. The van der Waals surface area contributed by atoms with E-state index in [1.165, 1.54) is 5.38 Å². The molecule has 0 saturated heterocycles. The maximum Gasteiger partial charge on any atom is 0.326 e. The summed E-state index contributed by atoms with van der Waals surface area (Å²) in [5, 5.41) is 23.0. The number of hydrogen-bond acceptors (Lipinski definition) is 5. The summed E-state index contributed by atoms with van der Waals surface area (Å²) in [7, 11) is 0. The number of rotatable bonds is 6. The van der Waals surface area contributed by atoms with Crippen LogP contribution in [-0.2, 0) is 4.79 Å². The van der Waals surface area contributed by atoms with Crippen molar-refractivity contribution in [3.8, 4) is 0 Å². The van der Waals surface area contributed by atoms with E-state index in [1.807, 2.05) is 13.8 Å². The minimum absolute atomic E-state index is 0.103. The Bertz CT molecular complexity index is 497. The largest absolute Gasteiger partial charge is 0.480 e. The lowest BCUT2D eigenvalue weighted by atomic mass is 10.0. The molecule has 0 bridgehead atoms. The first-order valence-electron chi connectivity index (χ1n) is 5.58. The molecule has 2 N–H and O–H groups in total. The number of carbonyl (C=O) groups is 2. The van der Waals surface area contributed by atoms with Crippen molar-refractivity contribution in [2.24, 2.45) is 5.92 Å². The molecule has 0 aliphatic rings. The predicted octanol–water partition coefficient (Wildman–Crippen LogP) is 1.89. The van der Waals surface area contributed by atoms with Crippen molar-refractivity contribution in [3.05, 3.63) is 27.1 Å². The molecule has 0 unspecified atom stereocenters. The first kappa shape index (κ1) is 15.1. The van der Waals surface area contributed by atoms with E-state index in [4.69, 9.17) is 5.11 Å². The molecule has 1 atom stereocenters. The van der Waals surface area contributed by atoms with E-state index in [1.54, 1.807) is 0 Å². The van der Waals surface area contributed by atoms with Crippen LogP contribution in [-0.4, -0.2) is 27.9 Å². The molecule has 0 aliphatic carbocycles. The second kappa shape index (κ2) is 6.28. The number of thiophene rings is 1. The Morgan fingerprint density at radius 3 is 2.58 bits per heavy atom. The minimum atomic E-state index is -1.12. The standard InChI is InChI=1S/C11H14N2O5S/c1-6(2)3-8(11(15)16)12-10(14)7-4-9(13(17)18)19-5-7/h4-6,8H,3H2,1-2H3,(H,12,14)(H,15,16)/t8-/m0/s1. The van der Waals surface area contributed by atoms with Gasteiger partial charge in [-0.05, 0) is 12.3 Å². The first-order chi connectivity index (χ1) is 8.81. The third kappa shape index (κ3) is 4.32. The van der Waals surface area contributed by atoms with Gasteiger partial charge in [0.2, 0.25) is 0 Å². The monoisotopic (exact) mass is 286 g/mol. The molecule has 1 heterocycles. The summed E-state index contributed by atoms with van der Waals surface area (Å²) in [6.07, 6.45) is 0.299. The highest BCUT2D eigenvalue weighted by atomic mass is 32.1. The van der Waals surface area contributed by atoms with Crippen LogP contribution >= 0.6 is 11.3 Å². The van der Waals surface area contributed by atoms with Crippen LogP contribution in [0.1, 0.15) is 30.6 Å². The molecule has 1 aromatic rings. The van der Waals surface area contributed by atoms with Crippen LogP contribution in [0.4, 0.5) is 5.00 Å². The SMILES string of the molecule is CC(C)C[C@H](NC(=O)c1csc([N+](=O)[O-])c1)C(=O)O. The van der Waals surface area contributed by atoms with Crippen LogP contribution in [0.25, 0.3) is 0 Å². The topological polar surface area (TPSA) is 110 Å². The first-order valence-corrected chi connectivity index (χ1v) is 6.45. The van der Waals surface area contributed by atoms with E-state index in [9.17, 15) is 19.7 Å². The fourth-order valence-corrected chi connectivity index (χ4v) is 2.18. The lowest BCUT2D eigenvalue weighted by Crippen LogP contribution is -2.41. The Kier molecular flexibility index (Phi) is 4.99. The van der Waals surface area contributed by atoms with Crippen LogP contribution in [0.5, 0.6) is 0 Å². The lowest BCUT2D eigenvalue weighted by Gasteiger charge is -2.15. The Morgan fingerprint density at radius 1 is 1.53 bits per heavy atom. The Labute approximate surface area is 113 Å². The summed E-state index contributed by atoms with van der Waals surface area (Å²) < 4.78 is 0. The molecule has 0 aromatic carbocycles. The average molecular weight is 286 g/mol. The van der Waals surface area contributed by atoms with Crippen LogP contribution < -0.4 is 5.32 Å². The van der Waals surface area contributed by atoms with Gasteiger partial charge in [-0.25, -0.2) is 4.79 Å². The number of nitro groups is 1. The molecule has 1 amide bonds. The summed E-state index contributed by atoms with van der Waals surface area (Å²) >= 11 is 0.828. The van der Waals surface area contributed by atoms with Gasteiger partial charge in [-0.15, -0.1) is 0 Å². The summed E-state index contributed by atoms with van der Waals surface area (Å²) in [5.41, 5.74) is 0.103. The lowest BCUT2D eigenvalue weighted by molar-refractivity contribution is -0.380. The number of nitrogens with zero attached hydrogens (tertiary/aromatic N) is 1. The number of aliphatic carboxylic acids is 1. The van der Waals surface area contributed by atoms with Gasteiger partial charge in [-0.2, -0.15) is 0 Å². The summed E-state index contributed by atoms with van der Waals surface area (Å²) in [5.74, 6) is -1.62. The zero-order valence-electron chi connectivity index (χ0n) is 10.5. The molecule has 0 spiro atoms. The zero-order chi connectivity index (χ0) is 14.6. The third-order valence-corrected chi connectivity index (χ3v) is 3.22. The normalized spacial score (nSPS) is 12.2. The maximum absolute atomic E-state index is 11.8. The average Bonchev–Trinajstić information content (AvgIpc) is 2.76. The van der Waals surface area contributed by atoms with E-state index in [-0.39, 0.29) is 16.5 Å². The summed E-state index contributed by atoms with van der Waals surface area (Å²) in [4.78, 5) is 32.7. The van der Waals surface area contributed by atoms with Crippen molar-refractivity contribution in [2.45, 2.75) is 26.3 Å². The highest BCUT2D eigenvalue weighted by molar-refractivity contribution is 7.13. The van der Waals surface area contributed by atoms with Crippen LogP contribution in [0.3, 0.4) is 0 Å². The minimum Gasteiger partial charge on any atom is -0.480 e. The number of carbonyl (C=O) groups excluding carboxylic acids is 1. The summed E-state index contributed by atoms with van der Waals surface area (Å²) in [6, 6.07) is 0.139. The van der Waals surface area contributed by atoms with Gasteiger partial charge < -0.3 is 10.4 Å². The van der Waals surface area contributed by atoms with Gasteiger partial charge in [0, 0.05) is 11.4 Å². The number of hydrogen-bond donors (Lipinski definition) is 2. The van der Waals surface area contributed by atoms with Crippen molar-refractivity contribution in [1.82, 2.24) is 5.32 Å². The van der Waals surface area contributed by atoms with Crippen molar-refractivity contribution >= 4 is 28.2 Å².